The van der Waals surface area contributed by atoms with E-state index in [0.29, 0.717) is 17.7 Å². The summed E-state index contributed by atoms with van der Waals surface area (Å²) < 4.78 is 7.61. The molecule has 0 radical (unpaired) electrons. The first-order chi connectivity index (χ1) is 11.2. The van der Waals surface area contributed by atoms with Gasteiger partial charge in [-0.25, -0.2) is 0 Å². The molecule has 1 fully saturated rings. The van der Waals surface area contributed by atoms with E-state index in [1.807, 2.05) is 23.9 Å². The average molecular weight is 310 g/mol. The number of benzene rings is 1. The van der Waals surface area contributed by atoms with Gasteiger partial charge >= 0.3 is 0 Å². The molecule has 0 aliphatic carbocycles. The van der Waals surface area contributed by atoms with Crippen molar-refractivity contribution in [1.29, 1.82) is 5.26 Å². The highest BCUT2D eigenvalue weighted by atomic mass is 16.5. The first kappa shape index (κ1) is 15.3. The summed E-state index contributed by atoms with van der Waals surface area (Å²) >= 11 is 0. The van der Waals surface area contributed by atoms with Gasteiger partial charge in [0, 0.05) is 30.5 Å². The maximum Gasteiger partial charge on any atom is 0.251 e. The average Bonchev–Trinajstić information content (AvgIpc) is 3.23. The first-order valence-corrected chi connectivity index (χ1v) is 7.66. The zero-order chi connectivity index (χ0) is 16.2. The minimum Gasteiger partial charge on any atom is -0.371 e. The van der Waals surface area contributed by atoms with Gasteiger partial charge in [0.25, 0.3) is 5.91 Å². The molecule has 1 aliphatic rings. The van der Waals surface area contributed by atoms with E-state index in [-0.39, 0.29) is 18.1 Å². The van der Waals surface area contributed by atoms with Crippen molar-refractivity contribution < 1.29 is 9.53 Å². The Morgan fingerprint density at radius 2 is 2.43 bits per heavy atom. The lowest BCUT2D eigenvalue weighted by Gasteiger charge is -2.18. The SMILES string of the molecule is CCn1cc([C@H]2OCC[C@@H]2NC(=O)c2cccc(C#N)c2)cn1. The lowest BCUT2D eigenvalue weighted by Crippen LogP contribution is -2.36. The molecule has 1 saturated heterocycles. The first-order valence-electron chi connectivity index (χ1n) is 7.66. The Hall–Kier alpha value is -2.65. The fraction of sp³-hybridized carbons (Fsp3) is 0.353. The Morgan fingerprint density at radius 3 is 3.17 bits per heavy atom. The molecule has 2 aromatic rings. The summed E-state index contributed by atoms with van der Waals surface area (Å²) in [4.78, 5) is 12.4. The highest BCUT2D eigenvalue weighted by Crippen LogP contribution is 2.29. The van der Waals surface area contributed by atoms with Crippen molar-refractivity contribution in [3.05, 3.63) is 53.3 Å². The number of aromatic nitrogens is 2. The summed E-state index contributed by atoms with van der Waals surface area (Å²) in [5, 5.41) is 16.2. The molecule has 1 amide bonds. The number of carbonyl (C=O) groups is 1. The number of carbonyl (C=O) groups excluding carboxylic acids is 1. The molecule has 0 unspecified atom stereocenters. The van der Waals surface area contributed by atoms with E-state index < -0.39 is 0 Å². The predicted octanol–water partition coefficient (Wildman–Crippen LogP) is 2.03. The number of ether oxygens (including phenoxy) is 1. The molecule has 6 heteroatoms. The summed E-state index contributed by atoms with van der Waals surface area (Å²) in [6.07, 6.45) is 4.31. The number of hydrogen-bond acceptors (Lipinski definition) is 4. The van der Waals surface area contributed by atoms with Crippen LogP contribution in [0.4, 0.5) is 0 Å². The summed E-state index contributed by atoms with van der Waals surface area (Å²) in [5.74, 6) is -0.189. The van der Waals surface area contributed by atoms with E-state index in [1.54, 1.807) is 30.5 Å². The van der Waals surface area contributed by atoms with Gasteiger partial charge in [-0.2, -0.15) is 10.4 Å². The van der Waals surface area contributed by atoms with Gasteiger partial charge in [0.05, 0.1) is 23.9 Å². The number of rotatable bonds is 4. The maximum absolute atomic E-state index is 12.4. The number of nitriles is 1. The van der Waals surface area contributed by atoms with Crippen LogP contribution in [0.25, 0.3) is 0 Å². The molecule has 1 aromatic heterocycles. The normalized spacial score (nSPS) is 20.2. The maximum atomic E-state index is 12.4. The van der Waals surface area contributed by atoms with Crippen molar-refractivity contribution in [2.24, 2.45) is 0 Å². The number of nitrogens with zero attached hydrogens (tertiary/aromatic N) is 3. The molecule has 1 N–H and O–H groups in total. The van der Waals surface area contributed by atoms with Crippen LogP contribution in [-0.2, 0) is 11.3 Å². The Morgan fingerprint density at radius 1 is 1.57 bits per heavy atom. The molecular formula is C17H18N4O2. The molecule has 6 nitrogen and oxygen atoms in total. The minimum atomic E-state index is -0.189. The Kier molecular flexibility index (Phi) is 4.40. The predicted molar refractivity (Wildman–Crippen MR) is 83.6 cm³/mol. The van der Waals surface area contributed by atoms with Crippen molar-refractivity contribution in [3.8, 4) is 6.07 Å². The van der Waals surface area contributed by atoms with E-state index in [0.717, 1.165) is 18.5 Å². The zero-order valence-electron chi connectivity index (χ0n) is 12.9. The Labute approximate surface area is 134 Å². The molecule has 3 rings (SSSR count). The van der Waals surface area contributed by atoms with Gasteiger partial charge in [-0.15, -0.1) is 0 Å². The van der Waals surface area contributed by atoms with E-state index in [4.69, 9.17) is 10.00 Å². The lowest BCUT2D eigenvalue weighted by molar-refractivity contribution is 0.0821. The lowest BCUT2D eigenvalue weighted by atomic mass is 10.0. The van der Waals surface area contributed by atoms with Gasteiger partial charge in [-0.3, -0.25) is 9.48 Å². The third-order valence-corrected chi connectivity index (χ3v) is 3.97. The third kappa shape index (κ3) is 3.25. The van der Waals surface area contributed by atoms with Gasteiger partial charge in [0.2, 0.25) is 0 Å². The highest BCUT2D eigenvalue weighted by molar-refractivity contribution is 5.94. The smallest absolute Gasteiger partial charge is 0.251 e. The van der Waals surface area contributed by atoms with Crippen LogP contribution < -0.4 is 5.32 Å². The second kappa shape index (κ2) is 6.63. The molecule has 23 heavy (non-hydrogen) atoms. The zero-order valence-corrected chi connectivity index (χ0v) is 12.9. The van der Waals surface area contributed by atoms with Gasteiger partial charge in [0.1, 0.15) is 6.10 Å². The van der Waals surface area contributed by atoms with Gasteiger partial charge < -0.3 is 10.1 Å². The van der Waals surface area contributed by atoms with Crippen LogP contribution in [0.2, 0.25) is 0 Å². The Balaban J connectivity index is 1.73. The fourth-order valence-corrected chi connectivity index (χ4v) is 2.75. The monoisotopic (exact) mass is 310 g/mol. The third-order valence-electron chi connectivity index (χ3n) is 3.97. The molecular weight excluding hydrogens is 292 g/mol. The number of hydrogen-bond donors (Lipinski definition) is 1. The fourth-order valence-electron chi connectivity index (χ4n) is 2.75. The van der Waals surface area contributed by atoms with Crippen molar-refractivity contribution >= 4 is 5.91 Å². The van der Waals surface area contributed by atoms with Gasteiger partial charge in [0.15, 0.2) is 0 Å². The Bertz CT molecular complexity index is 747. The van der Waals surface area contributed by atoms with Crippen LogP contribution in [0.3, 0.4) is 0 Å². The van der Waals surface area contributed by atoms with Crippen LogP contribution >= 0.6 is 0 Å². The molecule has 0 spiro atoms. The molecule has 2 atom stereocenters. The molecule has 118 valence electrons. The quantitative estimate of drug-likeness (QED) is 0.937. The summed E-state index contributed by atoms with van der Waals surface area (Å²) in [6, 6.07) is 8.63. The van der Waals surface area contributed by atoms with Gasteiger partial charge in [-0.1, -0.05) is 6.07 Å². The van der Waals surface area contributed by atoms with E-state index in [9.17, 15) is 4.79 Å². The molecule has 0 bridgehead atoms. The van der Waals surface area contributed by atoms with Crippen molar-refractivity contribution in [2.45, 2.75) is 32.0 Å². The van der Waals surface area contributed by atoms with Crippen LogP contribution in [0.15, 0.2) is 36.7 Å². The van der Waals surface area contributed by atoms with Gasteiger partial charge in [-0.05, 0) is 31.5 Å². The summed E-state index contributed by atoms with van der Waals surface area (Å²) in [5.41, 5.74) is 1.93. The van der Waals surface area contributed by atoms with Crippen LogP contribution in [0, 0.1) is 11.3 Å². The highest BCUT2D eigenvalue weighted by Gasteiger charge is 2.32. The second-order valence-electron chi connectivity index (χ2n) is 5.48. The number of aryl methyl sites for hydroxylation is 1. The van der Waals surface area contributed by atoms with Crippen molar-refractivity contribution in [3.63, 3.8) is 0 Å². The largest absolute Gasteiger partial charge is 0.371 e. The molecule has 1 aromatic carbocycles. The standard InChI is InChI=1S/C17H18N4O2/c1-2-21-11-14(10-19-21)16-15(6-7-23-16)20-17(22)13-5-3-4-12(8-13)9-18/h3-5,8,10-11,15-16H,2,6-7H2,1H3,(H,20,22)/t15-,16+/m0/s1. The number of amides is 1. The van der Waals surface area contributed by atoms with Crippen LogP contribution in [-0.4, -0.2) is 28.3 Å². The van der Waals surface area contributed by atoms with Crippen molar-refractivity contribution in [2.75, 3.05) is 6.61 Å². The van der Waals surface area contributed by atoms with E-state index >= 15 is 0 Å². The summed E-state index contributed by atoms with van der Waals surface area (Å²) in [7, 11) is 0. The number of nitrogens with one attached hydrogen (secondary N) is 1. The molecule has 1 aliphatic heterocycles. The van der Waals surface area contributed by atoms with Crippen LogP contribution in [0.5, 0.6) is 0 Å². The second-order valence-corrected chi connectivity index (χ2v) is 5.48. The van der Waals surface area contributed by atoms with Crippen molar-refractivity contribution in [1.82, 2.24) is 15.1 Å². The molecule has 0 saturated carbocycles. The van der Waals surface area contributed by atoms with Crippen LogP contribution in [0.1, 0.15) is 40.9 Å². The molecule has 2 heterocycles. The topological polar surface area (TPSA) is 79.9 Å². The summed E-state index contributed by atoms with van der Waals surface area (Å²) in [6.45, 7) is 3.42. The van der Waals surface area contributed by atoms with E-state index in [2.05, 4.69) is 10.4 Å². The van der Waals surface area contributed by atoms with E-state index in [1.165, 1.54) is 0 Å². The minimum absolute atomic E-state index is 0.0947.